The highest BCUT2D eigenvalue weighted by atomic mass is 16.7. The molecule has 1 fully saturated rings. The second-order valence-electron chi connectivity index (χ2n) is 8.88. The summed E-state index contributed by atoms with van der Waals surface area (Å²) in [6, 6.07) is 0. The molecule has 2 unspecified atom stereocenters. The first-order chi connectivity index (χ1) is 17.2. The van der Waals surface area contributed by atoms with E-state index >= 15 is 0 Å². The molecule has 1 aliphatic rings. The molecule has 0 N–H and O–H groups in total. The zero-order valence-electron chi connectivity index (χ0n) is 22.1. The standard InChI is InChI=1S/C26H46N2O7/c1-5-9-15-30-22-21(19-34-26(29)28-14-13-27-20-28)35-25(33-18-12-8-4)24(32-17-11-7-3)23(22)31-16-10-6-2/h13-14,20-25H,5-12,15-19H2,1-4H3/t21?,22-,23?,24+,25-/m1/s1. The molecule has 0 radical (unpaired) electrons. The Balaban J connectivity index is 2.23. The maximum absolute atomic E-state index is 12.5. The first-order valence-electron chi connectivity index (χ1n) is 13.4. The lowest BCUT2D eigenvalue weighted by Crippen LogP contribution is -2.62. The Kier molecular flexibility index (Phi) is 15.1. The largest absolute Gasteiger partial charge is 0.446 e. The van der Waals surface area contributed by atoms with Gasteiger partial charge in [-0.25, -0.2) is 14.3 Å². The van der Waals surface area contributed by atoms with Gasteiger partial charge in [-0.2, -0.15) is 0 Å². The molecule has 0 amide bonds. The molecule has 1 saturated heterocycles. The molecular formula is C26H46N2O7. The van der Waals surface area contributed by atoms with Crippen molar-refractivity contribution in [3.63, 3.8) is 0 Å². The van der Waals surface area contributed by atoms with Crippen LogP contribution in [0.3, 0.4) is 0 Å². The Morgan fingerprint density at radius 3 is 1.89 bits per heavy atom. The minimum absolute atomic E-state index is 0.0107. The number of rotatable bonds is 18. The van der Waals surface area contributed by atoms with E-state index in [2.05, 4.69) is 32.7 Å². The Labute approximate surface area is 210 Å². The van der Waals surface area contributed by atoms with Gasteiger partial charge in [-0.15, -0.1) is 0 Å². The zero-order chi connectivity index (χ0) is 25.3. The van der Waals surface area contributed by atoms with Crippen LogP contribution in [0, 0.1) is 0 Å². The molecule has 202 valence electrons. The van der Waals surface area contributed by atoms with Crippen molar-refractivity contribution in [2.45, 2.75) is 110 Å². The van der Waals surface area contributed by atoms with E-state index in [1.54, 1.807) is 6.20 Å². The van der Waals surface area contributed by atoms with Crippen molar-refractivity contribution in [3.8, 4) is 0 Å². The first kappa shape index (κ1) is 29.7. The number of ether oxygens (including phenoxy) is 6. The van der Waals surface area contributed by atoms with Gasteiger partial charge in [0.2, 0.25) is 0 Å². The predicted molar refractivity (Wildman–Crippen MR) is 132 cm³/mol. The molecular weight excluding hydrogens is 452 g/mol. The van der Waals surface area contributed by atoms with Crippen LogP contribution in [-0.2, 0) is 28.4 Å². The monoisotopic (exact) mass is 498 g/mol. The number of carbonyl (C=O) groups is 1. The van der Waals surface area contributed by atoms with Crippen molar-refractivity contribution < 1.29 is 33.2 Å². The lowest BCUT2D eigenvalue weighted by atomic mass is 9.98. The second-order valence-corrected chi connectivity index (χ2v) is 8.88. The van der Waals surface area contributed by atoms with E-state index in [0.717, 1.165) is 51.4 Å². The van der Waals surface area contributed by atoms with Crippen LogP contribution in [0.15, 0.2) is 18.7 Å². The second kappa shape index (κ2) is 17.8. The van der Waals surface area contributed by atoms with Gasteiger partial charge in [-0.05, 0) is 25.7 Å². The van der Waals surface area contributed by atoms with Crippen molar-refractivity contribution >= 4 is 6.09 Å². The molecule has 0 aromatic carbocycles. The highest BCUT2D eigenvalue weighted by Crippen LogP contribution is 2.30. The van der Waals surface area contributed by atoms with Gasteiger partial charge in [-0.1, -0.05) is 53.4 Å². The number of imidazole rings is 1. The summed E-state index contributed by atoms with van der Waals surface area (Å²) in [6.07, 6.45) is 9.27. The van der Waals surface area contributed by atoms with E-state index in [0.29, 0.717) is 26.4 Å². The van der Waals surface area contributed by atoms with Crippen molar-refractivity contribution in [1.29, 1.82) is 0 Å². The van der Waals surface area contributed by atoms with Crippen molar-refractivity contribution in [3.05, 3.63) is 18.7 Å². The van der Waals surface area contributed by atoms with Crippen molar-refractivity contribution in [2.75, 3.05) is 33.0 Å². The van der Waals surface area contributed by atoms with Crippen LogP contribution in [0.4, 0.5) is 4.79 Å². The number of unbranched alkanes of at least 4 members (excludes halogenated alkanes) is 4. The number of aromatic nitrogens is 2. The molecule has 0 spiro atoms. The molecule has 35 heavy (non-hydrogen) atoms. The first-order valence-corrected chi connectivity index (χ1v) is 13.4. The van der Waals surface area contributed by atoms with Gasteiger partial charge < -0.3 is 28.4 Å². The summed E-state index contributed by atoms with van der Waals surface area (Å²) in [5, 5.41) is 0. The topological polar surface area (TPSA) is 90.3 Å². The van der Waals surface area contributed by atoms with Gasteiger partial charge in [-0.3, -0.25) is 0 Å². The summed E-state index contributed by atoms with van der Waals surface area (Å²) in [5.41, 5.74) is 0. The van der Waals surface area contributed by atoms with E-state index in [4.69, 9.17) is 28.4 Å². The van der Waals surface area contributed by atoms with Crippen molar-refractivity contribution in [2.24, 2.45) is 0 Å². The molecule has 5 atom stereocenters. The fraction of sp³-hybridized carbons (Fsp3) is 0.846. The van der Waals surface area contributed by atoms with Crippen LogP contribution in [0.5, 0.6) is 0 Å². The Morgan fingerprint density at radius 2 is 1.34 bits per heavy atom. The molecule has 2 heterocycles. The number of hydrogen-bond acceptors (Lipinski definition) is 8. The molecule has 0 saturated carbocycles. The number of hydrogen-bond donors (Lipinski definition) is 0. The molecule has 1 aliphatic heterocycles. The minimum Gasteiger partial charge on any atom is -0.446 e. The van der Waals surface area contributed by atoms with Crippen LogP contribution in [0.2, 0.25) is 0 Å². The van der Waals surface area contributed by atoms with Gasteiger partial charge in [0.05, 0.1) is 0 Å². The third-order valence-electron chi connectivity index (χ3n) is 5.88. The SMILES string of the molecule is CCCCOC1[C@H](OCCCC)C(COC(=O)n2ccnc2)O[C@@H](OCCCC)[C@H]1OCCCC. The predicted octanol–water partition coefficient (Wildman–Crippen LogP) is 4.97. The molecule has 9 nitrogen and oxygen atoms in total. The maximum Gasteiger partial charge on any atom is 0.419 e. The Bertz CT molecular complexity index is 658. The molecule has 2 rings (SSSR count). The quantitative estimate of drug-likeness (QED) is 0.262. The summed E-state index contributed by atoms with van der Waals surface area (Å²) >= 11 is 0. The number of nitrogens with zero attached hydrogens (tertiary/aromatic N) is 2. The molecule has 0 bridgehead atoms. The summed E-state index contributed by atoms with van der Waals surface area (Å²) < 4.78 is 38.4. The van der Waals surface area contributed by atoms with E-state index < -0.39 is 36.8 Å². The third kappa shape index (κ3) is 10.2. The average molecular weight is 499 g/mol. The summed E-state index contributed by atoms with van der Waals surface area (Å²) in [5.74, 6) is 0. The molecule has 0 aliphatic carbocycles. The summed E-state index contributed by atoms with van der Waals surface area (Å²) in [4.78, 5) is 16.4. The zero-order valence-corrected chi connectivity index (χ0v) is 22.1. The van der Waals surface area contributed by atoms with Crippen molar-refractivity contribution in [1.82, 2.24) is 9.55 Å². The highest BCUT2D eigenvalue weighted by Gasteiger charge is 2.49. The van der Waals surface area contributed by atoms with E-state index in [9.17, 15) is 4.79 Å². The van der Waals surface area contributed by atoms with E-state index in [1.807, 2.05) is 0 Å². The van der Waals surface area contributed by atoms with Crippen LogP contribution < -0.4 is 0 Å². The molecule has 1 aromatic heterocycles. The van der Waals surface area contributed by atoms with Gasteiger partial charge in [0.25, 0.3) is 0 Å². The maximum atomic E-state index is 12.5. The normalized spacial score (nSPS) is 24.5. The van der Waals surface area contributed by atoms with Gasteiger partial charge in [0.1, 0.15) is 37.4 Å². The van der Waals surface area contributed by atoms with Gasteiger partial charge in [0.15, 0.2) is 6.29 Å². The third-order valence-corrected chi connectivity index (χ3v) is 5.88. The molecule has 9 heteroatoms. The Hall–Kier alpha value is -1.52. The minimum atomic E-state index is -0.631. The molecule has 1 aromatic rings. The Morgan fingerprint density at radius 1 is 0.800 bits per heavy atom. The fourth-order valence-corrected chi connectivity index (χ4v) is 3.74. The lowest BCUT2D eigenvalue weighted by molar-refractivity contribution is -0.322. The summed E-state index contributed by atoms with van der Waals surface area (Å²) in [7, 11) is 0. The van der Waals surface area contributed by atoms with E-state index in [1.165, 1.54) is 17.1 Å². The number of carbonyl (C=O) groups excluding carboxylic acids is 1. The van der Waals surface area contributed by atoms with Gasteiger partial charge >= 0.3 is 6.09 Å². The van der Waals surface area contributed by atoms with E-state index in [-0.39, 0.29) is 6.61 Å². The van der Waals surface area contributed by atoms with Crippen LogP contribution >= 0.6 is 0 Å². The van der Waals surface area contributed by atoms with Gasteiger partial charge in [0, 0.05) is 38.8 Å². The fourth-order valence-electron chi connectivity index (χ4n) is 3.74. The summed E-state index contributed by atoms with van der Waals surface area (Å²) in [6.45, 7) is 10.8. The average Bonchev–Trinajstić information content (AvgIpc) is 3.40. The highest BCUT2D eigenvalue weighted by molar-refractivity contribution is 5.69. The smallest absolute Gasteiger partial charge is 0.419 e. The van der Waals surface area contributed by atoms with Crippen LogP contribution in [-0.4, -0.2) is 79.4 Å². The lowest BCUT2D eigenvalue weighted by Gasteiger charge is -2.45. The van der Waals surface area contributed by atoms with Crippen LogP contribution in [0.25, 0.3) is 0 Å². The van der Waals surface area contributed by atoms with Crippen LogP contribution in [0.1, 0.15) is 79.1 Å².